The summed E-state index contributed by atoms with van der Waals surface area (Å²) in [4.78, 5) is 0. The summed E-state index contributed by atoms with van der Waals surface area (Å²) in [6, 6.07) is 18.2. The summed E-state index contributed by atoms with van der Waals surface area (Å²) >= 11 is 0. The number of hydrogen-bond donors (Lipinski definition) is 1. The molecule has 38 heavy (non-hydrogen) atoms. The molecule has 0 amide bonds. The fourth-order valence-electron chi connectivity index (χ4n) is 4.81. The number of ether oxygens (including phenoxy) is 3. The third-order valence-corrected chi connectivity index (χ3v) is 7.37. The Morgan fingerprint density at radius 3 is 0.868 bits per heavy atom. The highest BCUT2D eigenvalue weighted by Gasteiger charge is 2.43. The highest BCUT2D eigenvalue weighted by atomic mass is 16.5. The Bertz CT molecular complexity index is 1120. The smallest absolute Gasteiger partial charge is 0.151 e. The van der Waals surface area contributed by atoms with Crippen molar-refractivity contribution in [3.8, 4) is 17.2 Å². The third kappa shape index (κ3) is 5.56. The Labute approximate surface area is 230 Å². The number of benzene rings is 3. The van der Waals surface area contributed by atoms with Crippen molar-refractivity contribution in [1.82, 2.24) is 0 Å². The van der Waals surface area contributed by atoms with Gasteiger partial charge in [0, 0.05) is 16.7 Å². The molecule has 206 valence electrons. The summed E-state index contributed by atoms with van der Waals surface area (Å²) in [5.74, 6) is 1.77. The SMILES string of the molecule is COc1ccc(C(C)(C)C)cc1C(O)(c1cc(C(C)(C)C)ccc1OC)c1cc(C(C)(C)C)ccc1OC. The third-order valence-electron chi connectivity index (χ3n) is 7.37. The molecule has 0 saturated heterocycles. The van der Waals surface area contributed by atoms with Crippen LogP contribution in [0.4, 0.5) is 0 Å². The van der Waals surface area contributed by atoms with E-state index < -0.39 is 5.60 Å². The summed E-state index contributed by atoms with van der Waals surface area (Å²) in [5, 5.41) is 13.3. The molecule has 0 fully saturated rings. The van der Waals surface area contributed by atoms with E-state index in [-0.39, 0.29) is 16.2 Å². The van der Waals surface area contributed by atoms with E-state index in [2.05, 4.69) is 98.7 Å². The number of aliphatic hydroxyl groups is 1. The topological polar surface area (TPSA) is 47.9 Å². The first-order valence-corrected chi connectivity index (χ1v) is 13.3. The van der Waals surface area contributed by atoms with E-state index in [9.17, 15) is 5.11 Å². The molecule has 3 aromatic rings. The molecule has 0 bridgehead atoms. The average molecular weight is 519 g/mol. The van der Waals surface area contributed by atoms with Crippen molar-refractivity contribution in [2.75, 3.05) is 21.3 Å². The van der Waals surface area contributed by atoms with Crippen LogP contribution in [0.25, 0.3) is 0 Å². The molecule has 0 aliphatic heterocycles. The zero-order valence-corrected chi connectivity index (χ0v) is 25.4. The predicted octanol–water partition coefficient (Wildman–Crippen LogP) is 7.89. The van der Waals surface area contributed by atoms with E-state index >= 15 is 0 Å². The molecule has 0 aromatic heterocycles. The lowest BCUT2D eigenvalue weighted by Crippen LogP contribution is -2.32. The molecule has 3 rings (SSSR count). The molecule has 0 aliphatic rings. The van der Waals surface area contributed by atoms with Gasteiger partial charge in [0.15, 0.2) is 5.60 Å². The van der Waals surface area contributed by atoms with Crippen LogP contribution < -0.4 is 14.2 Å². The summed E-state index contributed by atoms with van der Waals surface area (Å²) in [5.41, 5.74) is 3.11. The maximum atomic E-state index is 13.3. The molecule has 0 saturated carbocycles. The fraction of sp³-hybridized carbons (Fsp3) is 0.471. The van der Waals surface area contributed by atoms with Gasteiger partial charge >= 0.3 is 0 Å². The molecular weight excluding hydrogens is 472 g/mol. The first-order chi connectivity index (χ1) is 17.5. The second kappa shape index (κ2) is 10.3. The van der Waals surface area contributed by atoms with E-state index in [0.29, 0.717) is 33.9 Å². The Morgan fingerprint density at radius 1 is 0.447 bits per heavy atom. The van der Waals surface area contributed by atoms with Gasteiger partial charge < -0.3 is 19.3 Å². The van der Waals surface area contributed by atoms with Crippen molar-refractivity contribution in [2.45, 2.75) is 84.2 Å². The van der Waals surface area contributed by atoms with Gasteiger partial charge in [-0.05, 0) is 69.3 Å². The standard InChI is InChI=1S/C34H46O4/c1-31(2,3)22-13-16-28(36-10)25(19-22)34(35,26-20-23(32(4,5)6)14-17-29(26)37-11)27-21-24(33(7,8)9)15-18-30(27)38-12/h13-21,35H,1-12H3. The second-order valence-electron chi connectivity index (χ2n) is 13.2. The summed E-state index contributed by atoms with van der Waals surface area (Å²) in [6.45, 7) is 19.5. The molecule has 0 heterocycles. The van der Waals surface area contributed by atoms with Crippen LogP contribution in [0, 0.1) is 0 Å². The zero-order chi connectivity index (χ0) is 28.7. The molecule has 3 aromatic carbocycles. The second-order valence-corrected chi connectivity index (χ2v) is 13.2. The minimum Gasteiger partial charge on any atom is -0.496 e. The fourth-order valence-corrected chi connectivity index (χ4v) is 4.81. The van der Waals surface area contributed by atoms with Crippen molar-refractivity contribution in [3.63, 3.8) is 0 Å². The zero-order valence-electron chi connectivity index (χ0n) is 25.4. The van der Waals surface area contributed by atoms with Crippen molar-refractivity contribution in [1.29, 1.82) is 0 Å². The van der Waals surface area contributed by atoms with Crippen LogP contribution in [0.15, 0.2) is 54.6 Å². The van der Waals surface area contributed by atoms with Gasteiger partial charge in [-0.3, -0.25) is 0 Å². The Morgan fingerprint density at radius 2 is 0.684 bits per heavy atom. The van der Waals surface area contributed by atoms with Crippen molar-refractivity contribution >= 4 is 0 Å². The molecule has 4 heteroatoms. The van der Waals surface area contributed by atoms with Gasteiger partial charge in [0.1, 0.15) is 17.2 Å². The highest BCUT2D eigenvalue weighted by Crippen LogP contribution is 2.50. The molecule has 0 aliphatic carbocycles. The highest BCUT2D eigenvalue weighted by molar-refractivity contribution is 5.62. The van der Waals surface area contributed by atoms with Gasteiger partial charge in [-0.25, -0.2) is 0 Å². The monoisotopic (exact) mass is 518 g/mol. The Balaban J connectivity index is 2.60. The number of hydrogen-bond acceptors (Lipinski definition) is 4. The summed E-state index contributed by atoms with van der Waals surface area (Å²) < 4.78 is 17.7. The van der Waals surface area contributed by atoms with E-state index in [1.165, 1.54) is 0 Å². The lowest BCUT2D eigenvalue weighted by atomic mass is 9.73. The van der Waals surface area contributed by atoms with Crippen LogP contribution in [0.2, 0.25) is 0 Å². The maximum Gasteiger partial charge on any atom is 0.151 e. The summed E-state index contributed by atoms with van der Waals surface area (Å²) in [6.07, 6.45) is 0. The molecule has 0 unspecified atom stereocenters. The minimum atomic E-state index is -1.65. The first-order valence-electron chi connectivity index (χ1n) is 13.3. The van der Waals surface area contributed by atoms with Crippen LogP contribution in [0.5, 0.6) is 17.2 Å². The van der Waals surface area contributed by atoms with E-state index in [1.54, 1.807) is 21.3 Å². The summed E-state index contributed by atoms with van der Waals surface area (Å²) in [7, 11) is 4.92. The largest absolute Gasteiger partial charge is 0.496 e. The van der Waals surface area contributed by atoms with Crippen LogP contribution in [-0.2, 0) is 21.8 Å². The van der Waals surface area contributed by atoms with E-state index in [0.717, 1.165) is 16.7 Å². The molecule has 4 nitrogen and oxygen atoms in total. The normalized spacial score (nSPS) is 12.9. The van der Waals surface area contributed by atoms with Gasteiger partial charge in [-0.1, -0.05) is 80.5 Å². The Hall–Kier alpha value is -2.98. The van der Waals surface area contributed by atoms with Gasteiger partial charge in [-0.2, -0.15) is 0 Å². The van der Waals surface area contributed by atoms with E-state index in [4.69, 9.17) is 14.2 Å². The lowest BCUT2D eigenvalue weighted by Gasteiger charge is -2.36. The predicted molar refractivity (Wildman–Crippen MR) is 157 cm³/mol. The Kier molecular flexibility index (Phi) is 8.01. The lowest BCUT2D eigenvalue weighted by molar-refractivity contribution is 0.114. The molecule has 0 atom stereocenters. The van der Waals surface area contributed by atoms with Gasteiger partial charge in [0.25, 0.3) is 0 Å². The quantitative estimate of drug-likeness (QED) is 0.337. The molecular formula is C34H46O4. The van der Waals surface area contributed by atoms with Crippen LogP contribution in [0.1, 0.15) is 95.7 Å². The van der Waals surface area contributed by atoms with Gasteiger partial charge in [0.2, 0.25) is 0 Å². The van der Waals surface area contributed by atoms with Crippen LogP contribution >= 0.6 is 0 Å². The molecule has 1 N–H and O–H groups in total. The minimum absolute atomic E-state index is 0.142. The average Bonchev–Trinajstić information content (AvgIpc) is 2.85. The maximum absolute atomic E-state index is 13.3. The van der Waals surface area contributed by atoms with Gasteiger partial charge in [0.05, 0.1) is 21.3 Å². The van der Waals surface area contributed by atoms with Crippen molar-refractivity contribution in [2.24, 2.45) is 0 Å². The van der Waals surface area contributed by atoms with Crippen LogP contribution in [0.3, 0.4) is 0 Å². The number of rotatable bonds is 6. The number of methoxy groups -OCH3 is 3. The molecule has 0 spiro atoms. The van der Waals surface area contributed by atoms with Crippen molar-refractivity contribution < 1.29 is 19.3 Å². The van der Waals surface area contributed by atoms with Crippen molar-refractivity contribution in [3.05, 3.63) is 88.0 Å². The van der Waals surface area contributed by atoms with E-state index in [1.807, 2.05) is 18.2 Å². The van der Waals surface area contributed by atoms with Crippen LogP contribution in [-0.4, -0.2) is 26.4 Å². The molecule has 0 radical (unpaired) electrons. The van der Waals surface area contributed by atoms with Gasteiger partial charge in [-0.15, -0.1) is 0 Å². The first kappa shape index (κ1) is 29.6.